The fraction of sp³-hybridized carbons (Fsp3) is 0.357. The van der Waals surface area contributed by atoms with Crippen molar-refractivity contribution < 1.29 is 29.3 Å². The summed E-state index contributed by atoms with van der Waals surface area (Å²) in [6.07, 6.45) is -0.713. The Balaban J connectivity index is 2.83. The van der Waals surface area contributed by atoms with Crippen LogP contribution in [0.15, 0.2) is 18.2 Å². The van der Waals surface area contributed by atoms with Crippen molar-refractivity contribution in [3.63, 3.8) is 0 Å². The van der Waals surface area contributed by atoms with Crippen LogP contribution in [0, 0.1) is 0 Å². The van der Waals surface area contributed by atoms with E-state index in [2.05, 4.69) is 10.6 Å². The molecule has 4 N–H and O–H groups in total. The molecule has 0 saturated carbocycles. The van der Waals surface area contributed by atoms with E-state index in [-0.39, 0.29) is 17.0 Å². The van der Waals surface area contributed by atoms with E-state index in [0.29, 0.717) is 0 Å². The molecule has 0 unspecified atom stereocenters. The lowest BCUT2D eigenvalue weighted by molar-refractivity contribution is -0.135. The van der Waals surface area contributed by atoms with E-state index in [1.807, 2.05) is 0 Å². The zero-order valence-electron chi connectivity index (χ0n) is 12.5. The van der Waals surface area contributed by atoms with Crippen molar-refractivity contribution in [3.8, 4) is 5.75 Å². The second-order valence-corrected chi connectivity index (χ2v) is 5.44. The van der Waals surface area contributed by atoms with Gasteiger partial charge in [0.25, 0.3) is 5.91 Å². The SMILES string of the molecule is CC(C)(C)OC(=O)Nc1ccc(O)c(C(=O)NCC(=O)O)c1. The van der Waals surface area contributed by atoms with Gasteiger partial charge in [-0.15, -0.1) is 0 Å². The van der Waals surface area contributed by atoms with Crippen molar-refractivity contribution in [2.75, 3.05) is 11.9 Å². The fourth-order valence-electron chi connectivity index (χ4n) is 1.47. The number of amides is 2. The van der Waals surface area contributed by atoms with Crippen molar-refractivity contribution in [3.05, 3.63) is 23.8 Å². The molecule has 0 aromatic heterocycles. The summed E-state index contributed by atoms with van der Waals surface area (Å²) in [6, 6.07) is 3.81. The first-order chi connectivity index (χ1) is 10.1. The Hall–Kier alpha value is -2.77. The summed E-state index contributed by atoms with van der Waals surface area (Å²) in [7, 11) is 0. The van der Waals surface area contributed by atoms with Gasteiger partial charge >= 0.3 is 12.1 Å². The van der Waals surface area contributed by atoms with Gasteiger partial charge in [-0.05, 0) is 39.0 Å². The Morgan fingerprint density at radius 1 is 1.23 bits per heavy atom. The van der Waals surface area contributed by atoms with Crippen LogP contribution in [0.5, 0.6) is 5.75 Å². The number of aliphatic carboxylic acids is 1. The van der Waals surface area contributed by atoms with Crippen LogP contribution in [0.3, 0.4) is 0 Å². The lowest BCUT2D eigenvalue weighted by Crippen LogP contribution is -2.29. The lowest BCUT2D eigenvalue weighted by Gasteiger charge is -2.19. The average molecular weight is 310 g/mol. The van der Waals surface area contributed by atoms with Gasteiger partial charge in [0.2, 0.25) is 0 Å². The Labute approximate surface area is 127 Å². The quantitative estimate of drug-likeness (QED) is 0.625. The van der Waals surface area contributed by atoms with Crippen LogP contribution in [0.4, 0.5) is 10.5 Å². The minimum atomic E-state index is -1.21. The number of carboxylic acid groups (broad SMARTS) is 1. The van der Waals surface area contributed by atoms with Crippen LogP contribution in [-0.4, -0.2) is 40.3 Å². The van der Waals surface area contributed by atoms with Crippen LogP contribution in [0.25, 0.3) is 0 Å². The summed E-state index contributed by atoms with van der Waals surface area (Å²) in [5.41, 5.74) is -0.606. The lowest BCUT2D eigenvalue weighted by atomic mass is 10.1. The zero-order valence-corrected chi connectivity index (χ0v) is 12.5. The third kappa shape index (κ3) is 5.70. The molecular formula is C14H18N2O6. The number of rotatable bonds is 4. The predicted molar refractivity (Wildman–Crippen MR) is 77.9 cm³/mol. The second kappa shape index (κ2) is 6.79. The molecule has 0 fully saturated rings. The number of nitrogens with one attached hydrogen (secondary N) is 2. The summed E-state index contributed by atoms with van der Waals surface area (Å²) in [5.74, 6) is -2.32. The molecular weight excluding hydrogens is 292 g/mol. The topological polar surface area (TPSA) is 125 Å². The van der Waals surface area contributed by atoms with Gasteiger partial charge in [-0.2, -0.15) is 0 Å². The summed E-state index contributed by atoms with van der Waals surface area (Å²) in [5, 5.41) is 22.7. The summed E-state index contributed by atoms with van der Waals surface area (Å²) in [6.45, 7) is 4.53. The van der Waals surface area contributed by atoms with E-state index in [1.54, 1.807) is 20.8 Å². The number of benzene rings is 1. The van der Waals surface area contributed by atoms with E-state index in [4.69, 9.17) is 9.84 Å². The molecule has 22 heavy (non-hydrogen) atoms. The number of phenolic OH excluding ortho intramolecular Hbond substituents is 1. The molecule has 0 aliphatic rings. The standard InChI is InChI=1S/C14H18N2O6/c1-14(2,3)22-13(21)16-8-4-5-10(17)9(6-8)12(20)15-7-11(18)19/h4-6,17H,7H2,1-3H3,(H,15,20)(H,16,21)(H,18,19). The highest BCUT2D eigenvalue weighted by atomic mass is 16.6. The first kappa shape index (κ1) is 17.3. The van der Waals surface area contributed by atoms with Gasteiger partial charge in [0.1, 0.15) is 17.9 Å². The maximum Gasteiger partial charge on any atom is 0.412 e. The first-order valence-electron chi connectivity index (χ1n) is 6.41. The van der Waals surface area contributed by atoms with E-state index < -0.39 is 30.1 Å². The molecule has 8 heteroatoms. The highest BCUT2D eigenvalue weighted by Gasteiger charge is 2.18. The summed E-state index contributed by atoms with van der Waals surface area (Å²) >= 11 is 0. The van der Waals surface area contributed by atoms with Crippen molar-refractivity contribution in [2.45, 2.75) is 26.4 Å². The maximum atomic E-state index is 11.8. The second-order valence-electron chi connectivity index (χ2n) is 5.44. The molecule has 0 bridgehead atoms. The fourth-order valence-corrected chi connectivity index (χ4v) is 1.47. The molecule has 0 saturated heterocycles. The van der Waals surface area contributed by atoms with Gasteiger partial charge in [0.05, 0.1) is 5.56 Å². The Morgan fingerprint density at radius 2 is 1.86 bits per heavy atom. The van der Waals surface area contributed by atoms with Crippen molar-refractivity contribution >= 4 is 23.7 Å². The number of carbonyl (C=O) groups is 3. The molecule has 0 spiro atoms. The van der Waals surface area contributed by atoms with Gasteiger partial charge in [0.15, 0.2) is 0 Å². The largest absolute Gasteiger partial charge is 0.507 e. The van der Waals surface area contributed by atoms with E-state index >= 15 is 0 Å². The smallest absolute Gasteiger partial charge is 0.412 e. The Bertz CT molecular complexity index is 591. The summed E-state index contributed by atoms with van der Waals surface area (Å²) < 4.78 is 5.06. The molecule has 120 valence electrons. The molecule has 0 atom stereocenters. The third-order valence-electron chi connectivity index (χ3n) is 2.29. The summed E-state index contributed by atoms with van der Waals surface area (Å²) in [4.78, 5) is 33.8. The molecule has 1 aromatic rings. The van der Waals surface area contributed by atoms with E-state index in [1.165, 1.54) is 18.2 Å². The van der Waals surface area contributed by atoms with Crippen LogP contribution < -0.4 is 10.6 Å². The van der Waals surface area contributed by atoms with Crippen molar-refractivity contribution in [1.82, 2.24) is 5.32 Å². The molecule has 8 nitrogen and oxygen atoms in total. The zero-order chi connectivity index (χ0) is 16.9. The van der Waals surface area contributed by atoms with Crippen LogP contribution >= 0.6 is 0 Å². The predicted octanol–water partition coefficient (Wildman–Crippen LogP) is 1.55. The normalized spacial score (nSPS) is 10.7. The number of hydrogen-bond donors (Lipinski definition) is 4. The molecule has 0 radical (unpaired) electrons. The van der Waals surface area contributed by atoms with Gasteiger partial charge in [0, 0.05) is 5.69 Å². The number of anilines is 1. The van der Waals surface area contributed by atoms with Crippen molar-refractivity contribution in [2.24, 2.45) is 0 Å². The van der Waals surface area contributed by atoms with Gasteiger partial charge in [-0.1, -0.05) is 0 Å². The maximum absolute atomic E-state index is 11.8. The van der Waals surface area contributed by atoms with E-state index in [9.17, 15) is 19.5 Å². The number of aromatic hydroxyl groups is 1. The Morgan fingerprint density at radius 3 is 2.41 bits per heavy atom. The average Bonchev–Trinajstić information content (AvgIpc) is 2.36. The number of ether oxygens (including phenoxy) is 1. The molecule has 1 rings (SSSR count). The van der Waals surface area contributed by atoms with E-state index in [0.717, 1.165) is 0 Å². The number of phenols is 1. The minimum absolute atomic E-state index is 0.158. The first-order valence-corrected chi connectivity index (χ1v) is 6.41. The van der Waals surface area contributed by atoms with Crippen LogP contribution in [0.2, 0.25) is 0 Å². The highest BCUT2D eigenvalue weighted by molar-refractivity contribution is 5.99. The number of carbonyl (C=O) groups excluding carboxylic acids is 2. The monoisotopic (exact) mass is 310 g/mol. The third-order valence-corrected chi connectivity index (χ3v) is 2.29. The van der Waals surface area contributed by atoms with Gasteiger partial charge in [-0.3, -0.25) is 14.9 Å². The van der Waals surface area contributed by atoms with Crippen LogP contribution in [0.1, 0.15) is 31.1 Å². The molecule has 0 aliphatic heterocycles. The number of hydrogen-bond acceptors (Lipinski definition) is 5. The highest BCUT2D eigenvalue weighted by Crippen LogP contribution is 2.22. The van der Waals surface area contributed by atoms with Crippen molar-refractivity contribution in [1.29, 1.82) is 0 Å². The number of carboxylic acids is 1. The van der Waals surface area contributed by atoms with Gasteiger partial charge < -0.3 is 20.3 Å². The molecule has 0 aliphatic carbocycles. The van der Waals surface area contributed by atoms with Crippen LogP contribution in [-0.2, 0) is 9.53 Å². The molecule has 2 amide bonds. The Kier molecular flexibility index (Phi) is 5.33. The van der Waals surface area contributed by atoms with Gasteiger partial charge in [-0.25, -0.2) is 4.79 Å². The molecule has 0 heterocycles. The molecule has 1 aromatic carbocycles. The minimum Gasteiger partial charge on any atom is -0.507 e.